The second kappa shape index (κ2) is 37.2. The normalized spacial score (nSPS) is 20.4. The van der Waals surface area contributed by atoms with E-state index in [0.29, 0.717) is 29.5 Å². The summed E-state index contributed by atoms with van der Waals surface area (Å²) in [6, 6.07) is 33.5. The molecule has 8 amide bonds. The minimum Gasteiger partial charge on any atom is -0.370 e. The number of fused-ring (bicyclic) bond motifs is 2. The number of carbonyl (C=O) groups excluding carboxylic acids is 8. The Hall–Kier alpha value is -10.6. The van der Waals surface area contributed by atoms with Gasteiger partial charge in [0.2, 0.25) is 47.3 Å². The summed E-state index contributed by atoms with van der Waals surface area (Å²) >= 11 is 0. The summed E-state index contributed by atoms with van der Waals surface area (Å²) in [4.78, 5) is 133. The number of amides is 8. The van der Waals surface area contributed by atoms with Gasteiger partial charge in [-0.2, -0.15) is 0 Å². The van der Waals surface area contributed by atoms with Crippen LogP contribution in [0.3, 0.4) is 0 Å². The molecule has 1 aliphatic rings. The molecule has 26 heteroatoms. The minimum absolute atomic E-state index is 0.0166. The van der Waals surface area contributed by atoms with Crippen LogP contribution in [0.1, 0.15) is 86.5 Å². The molecule has 95 heavy (non-hydrogen) atoms. The van der Waals surface area contributed by atoms with E-state index in [1.807, 2.05) is 115 Å². The highest BCUT2D eigenvalue weighted by Crippen LogP contribution is 2.20. The van der Waals surface area contributed by atoms with E-state index in [1.165, 1.54) is 0 Å². The molecule has 8 atom stereocenters. The molecule has 1 fully saturated rings. The van der Waals surface area contributed by atoms with E-state index in [1.54, 1.807) is 30.3 Å². The van der Waals surface area contributed by atoms with Gasteiger partial charge in [-0.1, -0.05) is 146 Å². The molecule has 504 valence electrons. The van der Waals surface area contributed by atoms with Gasteiger partial charge in [0.1, 0.15) is 48.3 Å². The predicted octanol–water partition coefficient (Wildman–Crippen LogP) is 0.835. The fourth-order valence-electron chi connectivity index (χ4n) is 11.2. The van der Waals surface area contributed by atoms with Gasteiger partial charge in [-0.05, 0) is 121 Å². The Morgan fingerprint density at radius 3 is 0.926 bits per heavy atom. The van der Waals surface area contributed by atoms with Crippen molar-refractivity contribution in [3.8, 4) is 0 Å². The largest absolute Gasteiger partial charge is 0.370 e. The molecule has 0 unspecified atom stereocenters. The number of unbranched alkanes of at least 4 members (excludes halogenated alkanes) is 1. The molecule has 0 bridgehead atoms. The van der Waals surface area contributed by atoms with Crippen LogP contribution in [0.25, 0.3) is 21.5 Å². The zero-order valence-electron chi connectivity index (χ0n) is 53.4. The van der Waals surface area contributed by atoms with Gasteiger partial charge in [-0.3, -0.25) is 53.3 Å². The summed E-state index contributed by atoms with van der Waals surface area (Å²) in [7, 11) is 0. The lowest BCUT2D eigenvalue weighted by molar-refractivity contribution is -0.137. The number of carbonyl (C=O) groups is 8. The van der Waals surface area contributed by atoms with Gasteiger partial charge in [0, 0.05) is 38.9 Å². The maximum atomic E-state index is 15.3. The fourth-order valence-corrected chi connectivity index (χ4v) is 11.2. The summed E-state index contributed by atoms with van der Waals surface area (Å²) in [5.74, 6) is -7.01. The number of benzene rings is 6. The number of hydrogen-bond donors (Lipinski definition) is 15. The topological polar surface area (TPSA) is 452 Å². The number of rotatable bonds is 25. The fraction of sp³-hybridized carbons (Fsp3) is 0.377. The first-order chi connectivity index (χ1) is 45.8. The Morgan fingerprint density at radius 2 is 0.579 bits per heavy atom. The van der Waals surface area contributed by atoms with Crippen LogP contribution < -0.4 is 82.7 Å². The van der Waals surface area contributed by atoms with Crippen molar-refractivity contribution in [3.05, 3.63) is 168 Å². The number of nitrogens with one attached hydrogen (secondary N) is 8. The van der Waals surface area contributed by atoms with Gasteiger partial charge >= 0.3 is 0 Å². The van der Waals surface area contributed by atoms with E-state index in [2.05, 4.69) is 57.5 Å². The van der Waals surface area contributed by atoms with Crippen LogP contribution in [0.2, 0.25) is 0 Å². The van der Waals surface area contributed by atoms with E-state index < -0.39 is 95.6 Å². The second-order valence-corrected chi connectivity index (χ2v) is 23.6. The van der Waals surface area contributed by atoms with Crippen LogP contribution in [0.5, 0.6) is 0 Å². The number of guanidine groups is 3. The van der Waals surface area contributed by atoms with Gasteiger partial charge in [0.05, 0.1) is 0 Å². The predicted molar refractivity (Wildman–Crippen MR) is 368 cm³/mol. The van der Waals surface area contributed by atoms with Crippen LogP contribution in [0, 0.1) is 0 Å². The zero-order chi connectivity index (χ0) is 68.1. The Morgan fingerprint density at radius 1 is 0.295 bits per heavy atom. The SMILES string of the molecule is NCCCC[C@@H]1NC(=O)[C@H](CCCN=C(N)N)NC(=O)[C@H](CCCN=C(N)N)NC(=O)[C@@H](CCCN=C(N)N)NC(=O)[C@@H](Cc2ccc3ccccc3c2)NC(=O)[C@H](Cc2ccccc2)NC(=O)[C@H](CCc2ccccc2)NC(=O)[C@@H](Cc2ccc3ccccc3c2)NC1=O. The highest BCUT2D eigenvalue weighted by Gasteiger charge is 2.36. The van der Waals surface area contributed by atoms with Gasteiger partial charge < -0.3 is 82.7 Å². The summed E-state index contributed by atoms with van der Waals surface area (Å²) < 4.78 is 0. The molecule has 6 aromatic carbocycles. The van der Waals surface area contributed by atoms with Crippen molar-refractivity contribution < 1.29 is 38.4 Å². The van der Waals surface area contributed by atoms with Gasteiger partial charge in [0.25, 0.3) is 0 Å². The Labute approximate surface area is 552 Å². The molecule has 7 rings (SSSR count). The van der Waals surface area contributed by atoms with Crippen molar-refractivity contribution in [3.63, 3.8) is 0 Å². The van der Waals surface area contributed by atoms with Crippen LogP contribution in [-0.2, 0) is 64.0 Å². The van der Waals surface area contributed by atoms with Gasteiger partial charge in [0.15, 0.2) is 17.9 Å². The molecule has 0 aliphatic carbocycles. The average molecular weight is 1300 g/mol. The molecule has 22 N–H and O–H groups in total. The molecule has 0 spiro atoms. The second-order valence-electron chi connectivity index (χ2n) is 23.6. The summed E-state index contributed by atoms with van der Waals surface area (Å²) in [6.45, 7) is 0.345. The van der Waals surface area contributed by atoms with Crippen LogP contribution in [0.15, 0.2) is 161 Å². The standard InChI is InChI=1S/C69H90N18O8/c70-34-12-11-24-51-62(91)86-57(41-45-28-31-47-20-7-9-22-49(47)38-45)65(94)84-55(33-30-43-16-3-1-4-17-43)63(92)85-56(40-44-18-5-2-6-19-44)66(95)87-58(42-46-29-32-48-21-8-10-23-50(48)39-46)64(93)83-54(27-15-37-79-69(75)76)61(90)82-53(26-14-36-78-68(73)74)60(89)81-52(59(88)80-51)25-13-35-77-67(71)72/h1-10,16-23,28-29,31-32,38-39,51-58H,11-15,24-27,30,33-37,40-42,70H2,(H,80,88)(H,81,89)(H,82,90)(H,83,93)(H,84,94)(H,85,92)(H,86,91)(H,87,95)(H4,71,72,77)(H4,73,74,78)(H4,75,76,79)/t51-,52-,53-,54+,55-,56-,57+,58+/m0/s1. The maximum Gasteiger partial charge on any atom is 0.243 e. The quantitative estimate of drug-likeness (QED) is 0.0215. The lowest BCUT2D eigenvalue weighted by atomic mass is 9.98. The number of nitrogens with zero attached hydrogens (tertiary/aromatic N) is 3. The molecule has 1 saturated heterocycles. The van der Waals surface area contributed by atoms with Crippen molar-refractivity contribution in [2.75, 3.05) is 26.2 Å². The molecule has 0 aromatic heterocycles. The lowest BCUT2D eigenvalue weighted by Crippen LogP contribution is -2.62. The van der Waals surface area contributed by atoms with E-state index in [0.717, 1.165) is 27.1 Å². The highest BCUT2D eigenvalue weighted by molar-refractivity contribution is 5.99. The number of aryl methyl sites for hydroxylation is 1. The third-order valence-electron chi connectivity index (χ3n) is 16.2. The highest BCUT2D eigenvalue weighted by atomic mass is 16.2. The van der Waals surface area contributed by atoms with Crippen molar-refractivity contribution in [1.29, 1.82) is 0 Å². The molecule has 26 nitrogen and oxygen atoms in total. The molecule has 1 heterocycles. The first-order valence-electron chi connectivity index (χ1n) is 32.1. The van der Waals surface area contributed by atoms with Crippen LogP contribution in [-0.4, -0.2) is 140 Å². The van der Waals surface area contributed by atoms with E-state index >= 15 is 24.0 Å². The van der Waals surface area contributed by atoms with E-state index in [9.17, 15) is 14.4 Å². The Balaban J connectivity index is 1.37. The number of aliphatic imine (C=N–C) groups is 3. The minimum atomic E-state index is -1.43. The van der Waals surface area contributed by atoms with Crippen molar-refractivity contribution in [2.45, 2.75) is 138 Å². The third kappa shape index (κ3) is 23.8. The molecule has 0 saturated carbocycles. The van der Waals surface area contributed by atoms with E-state index in [-0.39, 0.29) is 121 Å². The molecule has 1 aliphatic heterocycles. The van der Waals surface area contributed by atoms with Crippen molar-refractivity contribution in [1.82, 2.24) is 42.5 Å². The van der Waals surface area contributed by atoms with E-state index in [4.69, 9.17) is 40.1 Å². The third-order valence-corrected chi connectivity index (χ3v) is 16.2. The summed E-state index contributed by atoms with van der Waals surface area (Å²) in [5, 5.41) is 26.5. The Kier molecular flexibility index (Phi) is 28.1. The lowest BCUT2D eigenvalue weighted by Gasteiger charge is -2.29. The van der Waals surface area contributed by atoms with Crippen molar-refractivity contribution >= 4 is 86.7 Å². The van der Waals surface area contributed by atoms with Crippen LogP contribution in [0.4, 0.5) is 0 Å². The average Bonchev–Trinajstić information content (AvgIpc) is 0.902. The summed E-state index contributed by atoms with van der Waals surface area (Å²) in [5.41, 5.74) is 42.7. The molecule has 0 radical (unpaired) electrons. The number of hydrogen-bond acceptors (Lipinski definition) is 12. The molecule has 6 aromatic rings. The first kappa shape index (κ1) is 71.8. The first-order valence-corrected chi connectivity index (χ1v) is 32.1. The van der Waals surface area contributed by atoms with Crippen molar-refractivity contribution in [2.24, 2.45) is 55.1 Å². The smallest absolute Gasteiger partial charge is 0.243 e. The molecular weight excluding hydrogens is 1210 g/mol. The number of nitrogens with two attached hydrogens (primary N) is 7. The monoisotopic (exact) mass is 1300 g/mol. The van der Waals surface area contributed by atoms with Crippen LogP contribution >= 0.6 is 0 Å². The van der Waals surface area contributed by atoms with Gasteiger partial charge in [-0.25, -0.2) is 0 Å². The van der Waals surface area contributed by atoms with Gasteiger partial charge in [-0.15, -0.1) is 0 Å². The Bertz CT molecular complexity index is 3650. The maximum absolute atomic E-state index is 15.3. The summed E-state index contributed by atoms with van der Waals surface area (Å²) in [6.07, 6.45) is 0.957. The molecular formula is C69H90N18O8. The zero-order valence-corrected chi connectivity index (χ0v) is 53.4.